The van der Waals surface area contributed by atoms with Gasteiger partial charge in [-0.1, -0.05) is 11.6 Å². The lowest BCUT2D eigenvalue weighted by Gasteiger charge is -2.22. The second kappa shape index (κ2) is 5.26. The fourth-order valence-electron chi connectivity index (χ4n) is 3.34. The molecule has 0 aliphatic carbocycles. The van der Waals surface area contributed by atoms with Crippen LogP contribution in [0.5, 0.6) is 0 Å². The highest BCUT2D eigenvalue weighted by molar-refractivity contribution is 6.31. The van der Waals surface area contributed by atoms with Crippen LogP contribution in [0.15, 0.2) is 18.2 Å². The average Bonchev–Trinajstić information content (AvgIpc) is 3.00. The maximum absolute atomic E-state index is 12.5. The number of nitrogens with one attached hydrogen (secondary N) is 2. The van der Waals surface area contributed by atoms with E-state index < -0.39 is 0 Å². The molecular weight excluding hydrogens is 274 g/mol. The number of fused-ring (bicyclic) bond motifs is 2. The Labute approximate surface area is 124 Å². The van der Waals surface area contributed by atoms with Crippen molar-refractivity contribution < 1.29 is 4.79 Å². The molecule has 0 radical (unpaired) electrons. The molecule has 2 N–H and O–H groups in total. The van der Waals surface area contributed by atoms with Crippen LogP contribution in [0, 0.1) is 5.92 Å². The highest BCUT2D eigenvalue weighted by Gasteiger charge is 2.42. The smallest absolute Gasteiger partial charge is 0.229 e. The molecule has 3 unspecified atom stereocenters. The molecule has 1 aromatic rings. The van der Waals surface area contributed by atoms with Crippen molar-refractivity contribution in [3.05, 3.63) is 23.2 Å². The van der Waals surface area contributed by atoms with Gasteiger partial charge in [-0.2, -0.15) is 0 Å². The van der Waals surface area contributed by atoms with E-state index in [2.05, 4.69) is 10.6 Å². The zero-order valence-electron chi connectivity index (χ0n) is 11.8. The summed E-state index contributed by atoms with van der Waals surface area (Å²) in [4.78, 5) is 14.5. The number of amides is 1. The molecule has 2 saturated heterocycles. The summed E-state index contributed by atoms with van der Waals surface area (Å²) in [5, 5.41) is 7.19. The van der Waals surface area contributed by atoms with Gasteiger partial charge < -0.3 is 15.5 Å². The van der Waals surface area contributed by atoms with Gasteiger partial charge >= 0.3 is 0 Å². The van der Waals surface area contributed by atoms with Crippen LogP contribution in [0.1, 0.15) is 19.3 Å². The second-order valence-corrected chi connectivity index (χ2v) is 6.37. The van der Waals surface area contributed by atoms with Gasteiger partial charge in [-0.3, -0.25) is 4.79 Å². The first-order valence-electron chi connectivity index (χ1n) is 7.08. The van der Waals surface area contributed by atoms with E-state index in [-0.39, 0.29) is 11.8 Å². The van der Waals surface area contributed by atoms with Gasteiger partial charge in [-0.25, -0.2) is 0 Å². The van der Waals surface area contributed by atoms with E-state index in [1.54, 1.807) is 0 Å². The highest BCUT2D eigenvalue weighted by Crippen LogP contribution is 2.35. The Hall–Kier alpha value is -1.26. The van der Waals surface area contributed by atoms with Crippen molar-refractivity contribution in [2.75, 3.05) is 24.3 Å². The highest BCUT2D eigenvalue weighted by atomic mass is 35.5. The number of halogens is 1. The molecule has 2 fully saturated rings. The zero-order chi connectivity index (χ0) is 14.3. The van der Waals surface area contributed by atoms with Crippen molar-refractivity contribution in [1.29, 1.82) is 0 Å². The van der Waals surface area contributed by atoms with E-state index >= 15 is 0 Å². The first-order valence-corrected chi connectivity index (χ1v) is 7.46. The van der Waals surface area contributed by atoms with Crippen LogP contribution < -0.4 is 15.5 Å². The summed E-state index contributed by atoms with van der Waals surface area (Å²) in [5.74, 6) is 0.192. The number of hydrogen-bond acceptors (Lipinski definition) is 3. The van der Waals surface area contributed by atoms with E-state index in [9.17, 15) is 4.79 Å². The van der Waals surface area contributed by atoms with E-state index in [0.717, 1.165) is 24.2 Å². The maximum Gasteiger partial charge on any atom is 0.229 e. The average molecular weight is 294 g/mol. The van der Waals surface area contributed by atoms with Gasteiger partial charge in [0.1, 0.15) is 0 Å². The summed E-state index contributed by atoms with van der Waals surface area (Å²) < 4.78 is 0. The quantitative estimate of drug-likeness (QED) is 0.900. The topological polar surface area (TPSA) is 44.4 Å². The Bertz CT molecular complexity index is 532. The minimum absolute atomic E-state index is 0.0859. The summed E-state index contributed by atoms with van der Waals surface area (Å²) in [7, 11) is 3.91. The minimum atomic E-state index is 0.0859. The van der Waals surface area contributed by atoms with Crippen LogP contribution in [0.4, 0.5) is 11.4 Å². The second-order valence-electron chi connectivity index (χ2n) is 5.93. The Morgan fingerprint density at radius 1 is 1.40 bits per heavy atom. The largest absolute Gasteiger partial charge is 0.376 e. The van der Waals surface area contributed by atoms with Crippen LogP contribution in [0.3, 0.4) is 0 Å². The first kappa shape index (κ1) is 13.7. The van der Waals surface area contributed by atoms with Gasteiger partial charge in [0.15, 0.2) is 0 Å². The summed E-state index contributed by atoms with van der Waals surface area (Å²) >= 11 is 6.05. The molecule has 1 amide bonds. The predicted molar refractivity (Wildman–Crippen MR) is 82.5 cm³/mol. The number of carbonyl (C=O) groups excluding carboxylic acids is 1. The Kier molecular flexibility index (Phi) is 3.61. The van der Waals surface area contributed by atoms with Crippen molar-refractivity contribution >= 4 is 28.9 Å². The molecule has 1 aromatic carbocycles. The fourth-order valence-corrected chi connectivity index (χ4v) is 3.51. The number of nitrogens with zero attached hydrogens (tertiary/aromatic N) is 1. The molecular formula is C15H20ClN3O. The van der Waals surface area contributed by atoms with E-state index in [1.807, 2.05) is 37.2 Å². The van der Waals surface area contributed by atoms with Crippen molar-refractivity contribution in [2.24, 2.45) is 5.92 Å². The number of benzene rings is 1. The number of carbonyl (C=O) groups is 1. The van der Waals surface area contributed by atoms with Crippen LogP contribution in [-0.2, 0) is 4.79 Å². The van der Waals surface area contributed by atoms with Crippen LogP contribution in [0.25, 0.3) is 0 Å². The van der Waals surface area contributed by atoms with Gasteiger partial charge in [0.2, 0.25) is 5.91 Å². The van der Waals surface area contributed by atoms with Crippen molar-refractivity contribution in [2.45, 2.75) is 31.3 Å². The van der Waals surface area contributed by atoms with Gasteiger partial charge in [0.05, 0.1) is 17.3 Å². The predicted octanol–water partition coefficient (Wildman–Crippen LogP) is 2.49. The molecule has 2 heterocycles. The van der Waals surface area contributed by atoms with Crippen LogP contribution in [-0.4, -0.2) is 32.1 Å². The zero-order valence-corrected chi connectivity index (χ0v) is 12.6. The standard InChI is InChI=1S/C15H20ClN3O/c1-19(2)14-6-3-9(16)7-13(14)18-15(20)11-8-10-4-5-12(11)17-10/h3,6-7,10-12,17H,4-5,8H2,1-2H3,(H,18,20). The molecule has 3 atom stereocenters. The van der Waals surface area contributed by atoms with Crippen LogP contribution >= 0.6 is 11.6 Å². The Morgan fingerprint density at radius 3 is 2.80 bits per heavy atom. The monoisotopic (exact) mass is 293 g/mol. The molecule has 0 spiro atoms. The first-order chi connectivity index (χ1) is 9.54. The molecule has 108 valence electrons. The molecule has 3 rings (SSSR count). The molecule has 20 heavy (non-hydrogen) atoms. The SMILES string of the molecule is CN(C)c1ccc(Cl)cc1NC(=O)C1CC2CCC1N2. The normalized spacial score (nSPS) is 27.6. The molecule has 2 aliphatic rings. The minimum Gasteiger partial charge on any atom is -0.376 e. The van der Waals surface area contributed by atoms with Crippen molar-refractivity contribution in [3.63, 3.8) is 0 Å². The van der Waals surface area contributed by atoms with Gasteiger partial charge in [0.25, 0.3) is 0 Å². The lowest BCUT2D eigenvalue weighted by molar-refractivity contribution is -0.120. The van der Waals surface area contributed by atoms with Crippen molar-refractivity contribution in [1.82, 2.24) is 5.32 Å². The molecule has 2 aliphatic heterocycles. The third-order valence-corrected chi connectivity index (χ3v) is 4.57. The van der Waals surface area contributed by atoms with E-state index in [0.29, 0.717) is 17.1 Å². The Morgan fingerprint density at radius 2 is 2.20 bits per heavy atom. The summed E-state index contributed by atoms with van der Waals surface area (Å²) in [5.41, 5.74) is 1.76. The molecule has 4 nitrogen and oxygen atoms in total. The summed E-state index contributed by atoms with van der Waals surface area (Å²) in [6.45, 7) is 0. The molecule has 0 saturated carbocycles. The van der Waals surface area contributed by atoms with E-state index in [1.165, 1.54) is 6.42 Å². The lowest BCUT2D eigenvalue weighted by atomic mass is 9.88. The molecule has 2 bridgehead atoms. The van der Waals surface area contributed by atoms with Crippen LogP contribution in [0.2, 0.25) is 5.02 Å². The summed E-state index contributed by atoms with van der Waals surface area (Å²) in [6, 6.07) is 6.46. The summed E-state index contributed by atoms with van der Waals surface area (Å²) in [6.07, 6.45) is 3.27. The molecule has 5 heteroatoms. The van der Waals surface area contributed by atoms with Gasteiger partial charge in [0, 0.05) is 31.2 Å². The lowest BCUT2D eigenvalue weighted by Crippen LogP contribution is -2.33. The van der Waals surface area contributed by atoms with Gasteiger partial charge in [-0.05, 0) is 37.5 Å². The van der Waals surface area contributed by atoms with Gasteiger partial charge in [-0.15, -0.1) is 0 Å². The Balaban J connectivity index is 1.77. The van der Waals surface area contributed by atoms with Crippen molar-refractivity contribution in [3.8, 4) is 0 Å². The third-order valence-electron chi connectivity index (χ3n) is 4.34. The number of rotatable bonds is 3. The number of anilines is 2. The molecule has 0 aromatic heterocycles. The fraction of sp³-hybridized carbons (Fsp3) is 0.533. The third kappa shape index (κ3) is 2.50. The number of hydrogen-bond donors (Lipinski definition) is 2. The maximum atomic E-state index is 12.5. The van der Waals surface area contributed by atoms with E-state index in [4.69, 9.17) is 11.6 Å².